The zero-order chi connectivity index (χ0) is 16.2. The second-order valence-corrected chi connectivity index (χ2v) is 4.93. The lowest BCUT2D eigenvalue weighted by molar-refractivity contribution is 0.340. The van der Waals surface area contributed by atoms with Crippen LogP contribution in [0.15, 0.2) is 48.7 Å². The molecule has 1 heterocycles. The van der Waals surface area contributed by atoms with E-state index in [-0.39, 0.29) is 0 Å². The Morgan fingerprint density at radius 3 is 2.57 bits per heavy atom. The van der Waals surface area contributed by atoms with Gasteiger partial charge in [0.15, 0.2) is 0 Å². The van der Waals surface area contributed by atoms with E-state index in [1.807, 2.05) is 49.5 Å². The van der Waals surface area contributed by atoms with Gasteiger partial charge in [-0.1, -0.05) is 5.21 Å². The summed E-state index contributed by atoms with van der Waals surface area (Å²) in [5.41, 5.74) is 9.07. The standard InChI is InChI=1S/C17H18N4O2/c1-3-23-14-7-4-12(5-8-14)16-11-21(20-19-16)13-6-9-17(22-2)15(18)10-13/h4-11H,3,18H2,1-2H3. The van der Waals surface area contributed by atoms with Crippen LogP contribution in [0.25, 0.3) is 16.9 Å². The van der Waals surface area contributed by atoms with Crippen molar-refractivity contribution in [2.24, 2.45) is 0 Å². The minimum atomic E-state index is 0.558. The van der Waals surface area contributed by atoms with E-state index in [1.54, 1.807) is 17.9 Å². The third kappa shape index (κ3) is 3.11. The Balaban J connectivity index is 1.86. The van der Waals surface area contributed by atoms with Crippen molar-refractivity contribution in [1.82, 2.24) is 15.0 Å². The summed E-state index contributed by atoms with van der Waals surface area (Å²) in [6.45, 7) is 2.61. The van der Waals surface area contributed by atoms with Crippen LogP contribution in [0, 0.1) is 0 Å². The number of anilines is 1. The molecule has 1 aromatic heterocycles. The van der Waals surface area contributed by atoms with Gasteiger partial charge in [0, 0.05) is 5.56 Å². The van der Waals surface area contributed by atoms with Gasteiger partial charge in [-0.25, -0.2) is 4.68 Å². The van der Waals surface area contributed by atoms with Crippen molar-refractivity contribution in [3.8, 4) is 28.4 Å². The first kappa shape index (κ1) is 14.9. The van der Waals surface area contributed by atoms with Crippen molar-refractivity contribution in [2.45, 2.75) is 6.92 Å². The third-order valence-electron chi connectivity index (χ3n) is 3.43. The van der Waals surface area contributed by atoms with Crippen LogP contribution in [-0.2, 0) is 0 Å². The first-order valence-corrected chi connectivity index (χ1v) is 7.30. The van der Waals surface area contributed by atoms with Crippen LogP contribution < -0.4 is 15.2 Å². The number of nitrogens with zero attached hydrogens (tertiary/aromatic N) is 3. The Bertz CT molecular complexity index is 797. The number of benzene rings is 2. The SMILES string of the molecule is CCOc1ccc(-c2cn(-c3ccc(OC)c(N)c3)nn2)cc1. The normalized spacial score (nSPS) is 10.5. The fraction of sp³-hybridized carbons (Fsp3) is 0.176. The number of hydrogen-bond acceptors (Lipinski definition) is 5. The van der Waals surface area contributed by atoms with E-state index in [2.05, 4.69) is 10.3 Å². The van der Waals surface area contributed by atoms with Gasteiger partial charge < -0.3 is 15.2 Å². The van der Waals surface area contributed by atoms with E-state index in [9.17, 15) is 0 Å². The summed E-state index contributed by atoms with van der Waals surface area (Å²) in [4.78, 5) is 0. The van der Waals surface area contributed by atoms with Crippen LogP contribution in [-0.4, -0.2) is 28.7 Å². The molecule has 0 unspecified atom stereocenters. The van der Waals surface area contributed by atoms with Crippen molar-refractivity contribution in [2.75, 3.05) is 19.5 Å². The summed E-state index contributed by atoms with van der Waals surface area (Å²) in [6.07, 6.45) is 1.86. The van der Waals surface area contributed by atoms with Gasteiger partial charge in [0.25, 0.3) is 0 Å². The zero-order valence-electron chi connectivity index (χ0n) is 13.1. The van der Waals surface area contributed by atoms with Crippen LogP contribution >= 0.6 is 0 Å². The van der Waals surface area contributed by atoms with Crippen LogP contribution in [0.5, 0.6) is 11.5 Å². The molecule has 0 bridgehead atoms. The summed E-state index contributed by atoms with van der Waals surface area (Å²) >= 11 is 0. The molecule has 0 aliphatic rings. The Morgan fingerprint density at radius 1 is 1.13 bits per heavy atom. The molecule has 23 heavy (non-hydrogen) atoms. The highest BCUT2D eigenvalue weighted by molar-refractivity contribution is 5.61. The van der Waals surface area contributed by atoms with Crippen molar-refractivity contribution in [3.63, 3.8) is 0 Å². The van der Waals surface area contributed by atoms with Gasteiger partial charge in [-0.3, -0.25) is 0 Å². The van der Waals surface area contributed by atoms with E-state index in [1.165, 1.54) is 0 Å². The monoisotopic (exact) mass is 310 g/mol. The van der Waals surface area contributed by atoms with Crippen LogP contribution in [0.3, 0.4) is 0 Å². The van der Waals surface area contributed by atoms with Crippen molar-refractivity contribution >= 4 is 5.69 Å². The average Bonchev–Trinajstić information content (AvgIpc) is 3.06. The molecule has 0 saturated heterocycles. The molecular formula is C17H18N4O2. The largest absolute Gasteiger partial charge is 0.495 e. The molecule has 0 atom stereocenters. The third-order valence-corrected chi connectivity index (χ3v) is 3.43. The maximum absolute atomic E-state index is 5.93. The zero-order valence-corrected chi connectivity index (χ0v) is 13.1. The maximum atomic E-state index is 5.93. The van der Waals surface area contributed by atoms with E-state index < -0.39 is 0 Å². The first-order valence-electron chi connectivity index (χ1n) is 7.30. The predicted octanol–water partition coefficient (Wildman–Crippen LogP) is 2.92. The highest BCUT2D eigenvalue weighted by Gasteiger charge is 2.07. The Morgan fingerprint density at radius 2 is 1.91 bits per heavy atom. The number of methoxy groups -OCH3 is 1. The molecule has 6 nitrogen and oxygen atoms in total. The Labute approximate surface area is 134 Å². The van der Waals surface area contributed by atoms with Gasteiger partial charge in [-0.2, -0.15) is 0 Å². The number of nitrogens with two attached hydrogens (primary N) is 1. The van der Waals surface area contributed by atoms with Crippen LogP contribution in [0.2, 0.25) is 0 Å². The summed E-state index contributed by atoms with van der Waals surface area (Å²) in [6, 6.07) is 13.3. The maximum Gasteiger partial charge on any atom is 0.141 e. The van der Waals surface area contributed by atoms with E-state index >= 15 is 0 Å². The molecule has 0 radical (unpaired) electrons. The number of nitrogen functional groups attached to an aromatic ring is 1. The smallest absolute Gasteiger partial charge is 0.141 e. The van der Waals surface area contributed by atoms with Gasteiger partial charge in [0.1, 0.15) is 17.2 Å². The minimum absolute atomic E-state index is 0.558. The van der Waals surface area contributed by atoms with Crippen molar-refractivity contribution in [1.29, 1.82) is 0 Å². The quantitative estimate of drug-likeness (QED) is 0.733. The molecule has 0 spiro atoms. The molecule has 2 aromatic carbocycles. The Hall–Kier alpha value is -3.02. The second kappa shape index (κ2) is 6.39. The number of rotatable bonds is 5. The fourth-order valence-corrected chi connectivity index (χ4v) is 2.28. The molecule has 0 fully saturated rings. The lowest BCUT2D eigenvalue weighted by Crippen LogP contribution is -1.98. The van der Waals surface area contributed by atoms with Gasteiger partial charge in [-0.15, -0.1) is 5.10 Å². The molecule has 118 valence electrons. The molecule has 0 aliphatic carbocycles. The molecule has 2 N–H and O–H groups in total. The van der Waals surface area contributed by atoms with Crippen molar-refractivity contribution in [3.05, 3.63) is 48.7 Å². The number of hydrogen-bond donors (Lipinski definition) is 1. The lowest BCUT2D eigenvalue weighted by Gasteiger charge is -2.06. The summed E-state index contributed by atoms with van der Waals surface area (Å²) < 4.78 is 12.3. The van der Waals surface area contributed by atoms with Gasteiger partial charge in [-0.05, 0) is 49.4 Å². The van der Waals surface area contributed by atoms with Gasteiger partial charge in [0.2, 0.25) is 0 Å². The summed E-state index contributed by atoms with van der Waals surface area (Å²) in [7, 11) is 1.59. The van der Waals surface area contributed by atoms with E-state index in [0.29, 0.717) is 18.0 Å². The Kier molecular flexibility index (Phi) is 4.14. The topological polar surface area (TPSA) is 75.2 Å². The molecule has 0 amide bonds. The molecule has 3 aromatic rings. The van der Waals surface area contributed by atoms with E-state index in [4.69, 9.17) is 15.2 Å². The van der Waals surface area contributed by atoms with E-state index in [0.717, 1.165) is 22.7 Å². The number of ether oxygens (including phenoxy) is 2. The number of aromatic nitrogens is 3. The second-order valence-electron chi connectivity index (χ2n) is 4.93. The van der Waals surface area contributed by atoms with Gasteiger partial charge in [0.05, 0.1) is 31.3 Å². The lowest BCUT2D eigenvalue weighted by atomic mass is 10.1. The highest BCUT2D eigenvalue weighted by Crippen LogP contribution is 2.25. The molecule has 0 aliphatic heterocycles. The van der Waals surface area contributed by atoms with Crippen LogP contribution in [0.4, 0.5) is 5.69 Å². The first-order chi connectivity index (χ1) is 11.2. The van der Waals surface area contributed by atoms with Crippen LogP contribution in [0.1, 0.15) is 6.92 Å². The summed E-state index contributed by atoms with van der Waals surface area (Å²) in [5.74, 6) is 1.48. The average molecular weight is 310 g/mol. The molecule has 0 saturated carbocycles. The van der Waals surface area contributed by atoms with Crippen molar-refractivity contribution < 1.29 is 9.47 Å². The fourth-order valence-electron chi connectivity index (χ4n) is 2.28. The molecule has 3 rings (SSSR count). The molecular weight excluding hydrogens is 292 g/mol. The summed E-state index contributed by atoms with van der Waals surface area (Å²) in [5, 5.41) is 8.37. The predicted molar refractivity (Wildman–Crippen MR) is 88.9 cm³/mol. The van der Waals surface area contributed by atoms with Gasteiger partial charge >= 0.3 is 0 Å². The minimum Gasteiger partial charge on any atom is -0.495 e. The molecule has 6 heteroatoms. The highest BCUT2D eigenvalue weighted by atomic mass is 16.5.